The van der Waals surface area contributed by atoms with E-state index in [9.17, 15) is 18.0 Å². The number of para-hydroxylation sites is 1. The van der Waals surface area contributed by atoms with Gasteiger partial charge in [0.2, 0.25) is 5.91 Å². The number of carbonyl (C=O) groups excluding carboxylic acids is 1. The summed E-state index contributed by atoms with van der Waals surface area (Å²) in [6.07, 6.45) is -4.37. The summed E-state index contributed by atoms with van der Waals surface area (Å²) in [5.41, 5.74) is 0.365. The van der Waals surface area contributed by atoms with Crippen molar-refractivity contribution in [3.8, 4) is 5.75 Å². The summed E-state index contributed by atoms with van der Waals surface area (Å²) in [5.74, 6) is -0.639. The van der Waals surface area contributed by atoms with Gasteiger partial charge in [-0.15, -0.1) is 0 Å². The second-order valence-electron chi connectivity index (χ2n) is 6.16. The SMILES string of the molecule is COc1ccccc1[C@@H]1Cc2c(cccc2C(F)(F)F)NC(=O)[C@@H]1C. The van der Waals surface area contributed by atoms with E-state index < -0.39 is 23.6 Å². The van der Waals surface area contributed by atoms with Gasteiger partial charge < -0.3 is 10.1 Å². The Balaban J connectivity index is 2.15. The smallest absolute Gasteiger partial charge is 0.416 e. The van der Waals surface area contributed by atoms with Crippen molar-refractivity contribution in [2.24, 2.45) is 5.92 Å². The van der Waals surface area contributed by atoms with E-state index in [0.29, 0.717) is 5.75 Å². The summed E-state index contributed by atoms with van der Waals surface area (Å²) in [6.45, 7) is 1.73. The van der Waals surface area contributed by atoms with Crippen LogP contribution in [0.4, 0.5) is 18.9 Å². The van der Waals surface area contributed by atoms with Gasteiger partial charge in [-0.1, -0.05) is 31.2 Å². The van der Waals surface area contributed by atoms with Gasteiger partial charge in [-0.2, -0.15) is 13.2 Å². The third-order valence-corrected chi connectivity index (χ3v) is 4.72. The molecule has 1 N–H and O–H groups in total. The highest BCUT2D eigenvalue weighted by molar-refractivity contribution is 5.95. The Bertz CT molecular complexity index is 801. The van der Waals surface area contributed by atoms with E-state index in [4.69, 9.17) is 4.74 Å². The van der Waals surface area contributed by atoms with Crippen LogP contribution in [0.2, 0.25) is 0 Å². The van der Waals surface area contributed by atoms with E-state index >= 15 is 0 Å². The average molecular weight is 349 g/mol. The zero-order chi connectivity index (χ0) is 18.2. The largest absolute Gasteiger partial charge is 0.496 e. The summed E-state index contributed by atoms with van der Waals surface area (Å²) < 4.78 is 45.7. The molecular weight excluding hydrogens is 331 g/mol. The maximum atomic E-state index is 13.4. The second-order valence-corrected chi connectivity index (χ2v) is 6.16. The van der Waals surface area contributed by atoms with E-state index in [1.54, 1.807) is 31.2 Å². The predicted molar refractivity (Wildman–Crippen MR) is 88.7 cm³/mol. The summed E-state index contributed by atoms with van der Waals surface area (Å²) in [4.78, 5) is 12.5. The Kier molecular flexibility index (Phi) is 4.45. The number of hydrogen-bond donors (Lipinski definition) is 1. The van der Waals surface area contributed by atoms with Crippen LogP contribution in [0.1, 0.15) is 29.5 Å². The van der Waals surface area contributed by atoms with Crippen LogP contribution in [-0.4, -0.2) is 13.0 Å². The van der Waals surface area contributed by atoms with Gasteiger partial charge in [0, 0.05) is 17.5 Å². The molecule has 0 bridgehead atoms. The molecule has 0 aromatic heterocycles. The van der Waals surface area contributed by atoms with Crippen molar-refractivity contribution >= 4 is 11.6 Å². The number of rotatable bonds is 2. The van der Waals surface area contributed by atoms with E-state index in [1.807, 2.05) is 0 Å². The van der Waals surface area contributed by atoms with Gasteiger partial charge in [0.1, 0.15) is 5.75 Å². The Hall–Kier alpha value is -2.50. The maximum Gasteiger partial charge on any atom is 0.416 e. The Morgan fingerprint density at radius 3 is 2.52 bits per heavy atom. The molecule has 0 saturated heterocycles. The van der Waals surface area contributed by atoms with Crippen LogP contribution in [0.15, 0.2) is 42.5 Å². The fourth-order valence-electron chi connectivity index (χ4n) is 3.37. The standard InChI is InChI=1S/C19H18F3NO2/c1-11-13(12-6-3-4-9-17(12)25-2)10-14-15(19(20,21)22)7-5-8-16(14)23-18(11)24/h3-9,11,13H,10H2,1-2H3,(H,23,24)/t11-,13-/m1/s1. The minimum atomic E-state index is -4.48. The van der Waals surface area contributed by atoms with Crippen molar-refractivity contribution in [1.29, 1.82) is 0 Å². The lowest BCUT2D eigenvalue weighted by molar-refractivity contribution is -0.138. The number of benzene rings is 2. The summed E-state index contributed by atoms with van der Waals surface area (Å²) in [5, 5.41) is 2.64. The molecular formula is C19H18F3NO2. The Morgan fingerprint density at radius 2 is 1.84 bits per heavy atom. The molecule has 6 heteroatoms. The van der Waals surface area contributed by atoms with Crippen molar-refractivity contribution in [3.05, 3.63) is 59.2 Å². The van der Waals surface area contributed by atoms with Crippen LogP contribution < -0.4 is 10.1 Å². The fraction of sp³-hybridized carbons (Fsp3) is 0.316. The molecule has 3 rings (SSSR count). The normalized spacial score (nSPS) is 20.4. The zero-order valence-corrected chi connectivity index (χ0v) is 13.9. The number of nitrogens with one attached hydrogen (secondary N) is 1. The number of halogens is 3. The Morgan fingerprint density at radius 1 is 1.12 bits per heavy atom. The first-order chi connectivity index (χ1) is 11.8. The van der Waals surface area contributed by atoms with Crippen molar-refractivity contribution < 1.29 is 22.7 Å². The van der Waals surface area contributed by atoms with Crippen LogP contribution in [0, 0.1) is 5.92 Å². The minimum Gasteiger partial charge on any atom is -0.496 e. The van der Waals surface area contributed by atoms with Gasteiger partial charge in [-0.25, -0.2) is 0 Å². The average Bonchev–Trinajstić information content (AvgIpc) is 2.70. The molecule has 1 aliphatic rings. The van der Waals surface area contributed by atoms with Crippen LogP contribution in [-0.2, 0) is 17.4 Å². The van der Waals surface area contributed by atoms with Crippen LogP contribution >= 0.6 is 0 Å². The number of anilines is 1. The van der Waals surface area contributed by atoms with Crippen molar-refractivity contribution in [3.63, 3.8) is 0 Å². The van der Waals surface area contributed by atoms with Crippen molar-refractivity contribution in [1.82, 2.24) is 0 Å². The summed E-state index contributed by atoms with van der Waals surface area (Å²) in [7, 11) is 1.51. The highest BCUT2D eigenvalue weighted by atomic mass is 19.4. The molecule has 0 aliphatic carbocycles. The number of fused-ring (bicyclic) bond motifs is 1. The second kappa shape index (κ2) is 6.43. The molecule has 0 fully saturated rings. The molecule has 2 atom stereocenters. The molecule has 3 nitrogen and oxygen atoms in total. The van der Waals surface area contributed by atoms with Crippen LogP contribution in [0.5, 0.6) is 5.75 Å². The zero-order valence-electron chi connectivity index (χ0n) is 13.9. The fourth-order valence-corrected chi connectivity index (χ4v) is 3.37. The quantitative estimate of drug-likeness (QED) is 0.859. The number of hydrogen-bond acceptors (Lipinski definition) is 2. The predicted octanol–water partition coefficient (Wildman–Crippen LogP) is 4.63. The molecule has 1 aliphatic heterocycles. The van der Waals surface area contributed by atoms with E-state index in [-0.39, 0.29) is 23.6 Å². The van der Waals surface area contributed by atoms with Gasteiger partial charge in [0.05, 0.1) is 12.7 Å². The molecule has 2 aromatic rings. The molecule has 0 saturated carbocycles. The van der Waals surface area contributed by atoms with Gasteiger partial charge in [0.25, 0.3) is 0 Å². The number of carbonyl (C=O) groups is 1. The monoisotopic (exact) mass is 349 g/mol. The summed E-state index contributed by atoms with van der Waals surface area (Å²) >= 11 is 0. The number of ether oxygens (including phenoxy) is 1. The van der Waals surface area contributed by atoms with Gasteiger partial charge in [-0.3, -0.25) is 4.79 Å². The maximum absolute atomic E-state index is 13.4. The minimum absolute atomic E-state index is 0.102. The first-order valence-corrected chi connectivity index (χ1v) is 7.95. The third-order valence-electron chi connectivity index (χ3n) is 4.72. The van der Waals surface area contributed by atoms with E-state index in [1.165, 1.54) is 19.2 Å². The third kappa shape index (κ3) is 3.21. The number of amides is 1. The molecule has 132 valence electrons. The molecule has 1 amide bonds. The molecule has 0 spiro atoms. The van der Waals surface area contributed by atoms with Gasteiger partial charge in [0.15, 0.2) is 0 Å². The molecule has 1 heterocycles. The van der Waals surface area contributed by atoms with Crippen molar-refractivity contribution in [2.45, 2.75) is 25.4 Å². The highest BCUT2D eigenvalue weighted by Gasteiger charge is 2.39. The topological polar surface area (TPSA) is 38.3 Å². The lowest BCUT2D eigenvalue weighted by Crippen LogP contribution is -2.24. The number of methoxy groups -OCH3 is 1. The van der Waals surface area contributed by atoms with Crippen molar-refractivity contribution in [2.75, 3.05) is 12.4 Å². The summed E-state index contributed by atoms with van der Waals surface area (Å²) in [6, 6.07) is 11.0. The Labute approximate surface area is 143 Å². The lowest BCUT2D eigenvalue weighted by Gasteiger charge is -2.23. The van der Waals surface area contributed by atoms with E-state index in [0.717, 1.165) is 11.6 Å². The van der Waals surface area contributed by atoms with Crippen LogP contribution in [0.25, 0.3) is 0 Å². The first kappa shape index (κ1) is 17.3. The first-order valence-electron chi connectivity index (χ1n) is 7.95. The highest BCUT2D eigenvalue weighted by Crippen LogP contribution is 2.43. The van der Waals surface area contributed by atoms with E-state index in [2.05, 4.69) is 5.32 Å². The van der Waals surface area contributed by atoms with Gasteiger partial charge >= 0.3 is 6.18 Å². The lowest BCUT2D eigenvalue weighted by atomic mass is 9.81. The molecule has 0 radical (unpaired) electrons. The molecule has 2 aromatic carbocycles. The number of alkyl halides is 3. The van der Waals surface area contributed by atoms with Gasteiger partial charge in [-0.05, 0) is 35.7 Å². The van der Waals surface area contributed by atoms with Crippen LogP contribution in [0.3, 0.4) is 0 Å². The molecule has 25 heavy (non-hydrogen) atoms. The molecule has 0 unspecified atom stereocenters.